The van der Waals surface area contributed by atoms with E-state index in [-0.39, 0.29) is 42.0 Å². The van der Waals surface area contributed by atoms with Gasteiger partial charge in [0, 0.05) is 0 Å². The van der Waals surface area contributed by atoms with Gasteiger partial charge in [0.25, 0.3) is 0 Å². The Bertz CT molecular complexity index is 8.00. The van der Waals surface area contributed by atoms with Crippen molar-refractivity contribution in [2.75, 3.05) is 0 Å². The third-order valence-electron chi connectivity index (χ3n) is 0. The standard InChI is InChI=1S/ClH.Mn.Na.O/h1H;;;/q;;+1;/p-1. The Kier molecular flexibility index (Phi) is 101. The first-order valence-electron chi connectivity index (χ1n) is 0.154. The fraction of sp³-hybridized carbons (Fsp3) is 0. The molecule has 0 bridgehead atoms. The van der Waals surface area contributed by atoms with Crippen LogP contribution in [0.3, 0.4) is 0 Å². The fourth-order valence-corrected chi connectivity index (χ4v) is 0. The molecule has 0 aromatic heterocycles. The van der Waals surface area contributed by atoms with Gasteiger partial charge in [-0.2, -0.15) is 0 Å². The van der Waals surface area contributed by atoms with Crippen molar-refractivity contribution >= 4 is 0 Å². The summed E-state index contributed by atoms with van der Waals surface area (Å²) in [6.07, 6.45) is 0. The molecule has 0 unspecified atom stereocenters. The van der Waals surface area contributed by atoms with Crippen molar-refractivity contribution in [1.29, 1.82) is 0 Å². The minimum absolute atomic E-state index is 0. The van der Waals surface area contributed by atoms with Crippen LogP contribution in [0.5, 0.6) is 0 Å². The van der Waals surface area contributed by atoms with Crippen molar-refractivity contribution in [2.24, 2.45) is 0 Å². The Morgan fingerprint density at radius 1 is 1.25 bits per heavy atom. The molecule has 0 aromatic carbocycles. The molecule has 0 spiro atoms. The summed E-state index contributed by atoms with van der Waals surface area (Å²) in [5, 5.41) is 0. The molecule has 4 heteroatoms. The molecule has 1 nitrogen and oxygen atoms in total. The minimum atomic E-state index is 0. The monoisotopic (exact) mass is 129 g/mol. The predicted molar refractivity (Wildman–Crippen MR) is 0.686 cm³/mol. The average Bonchev–Trinajstić information content (AvgIpc) is 1.00. The summed E-state index contributed by atoms with van der Waals surface area (Å²) in [6, 6.07) is 0. The first kappa shape index (κ1) is 17.5. The number of halogens is 1. The third-order valence-corrected chi connectivity index (χ3v) is 0. The summed E-state index contributed by atoms with van der Waals surface area (Å²) in [4.78, 5) is 0. The van der Waals surface area contributed by atoms with Gasteiger partial charge in [0.05, 0.1) is 0 Å². The van der Waals surface area contributed by atoms with Crippen LogP contribution in [0.1, 0.15) is 0 Å². The zero-order valence-corrected chi connectivity index (χ0v) is 6.10. The number of hydrogen-bond donors (Lipinski definition) is 0. The van der Waals surface area contributed by atoms with E-state index in [9.17, 15) is 0 Å². The van der Waals surface area contributed by atoms with E-state index in [2.05, 4.69) is 0 Å². The van der Waals surface area contributed by atoms with E-state index < -0.39 is 0 Å². The summed E-state index contributed by atoms with van der Waals surface area (Å²) in [6.45, 7) is 0. The first-order chi connectivity index (χ1) is 1.00. The Balaban J connectivity index is -0.00000000500. The van der Waals surface area contributed by atoms with Crippen molar-refractivity contribution in [3.63, 3.8) is 0 Å². The van der Waals surface area contributed by atoms with Crippen LogP contribution in [0.15, 0.2) is 0 Å². The molecule has 0 rings (SSSR count). The quantitative estimate of drug-likeness (QED) is 0.298. The Labute approximate surface area is 61.2 Å². The molecule has 0 aromatic rings. The SMILES string of the molecule is [Cl-].[Na+].[O]=[Mn]. The van der Waals surface area contributed by atoms with Gasteiger partial charge in [-0.05, 0) is 0 Å². The van der Waals surface area contributed by atoms with Gasteiger partial charge in [-0.25, -0.2) is 0 Å². The normalized spacial score (nSPS) is 1.00. The number of rotatable bonds is 0. The van der Waals surface area contributed by atoms with Crippen LogP contribution in [0.25, 0.3) is 0 Å². The molecule has 0 saturated heterocycles. The summed E-state index contributed by atoms with van der Waals surface area (Å²) < 4.78 is 8.06. The van der Waals surface area contributed by atoms with Gasteiger partial charge in [0.2, 0.25) is 0 Å². The molecule has 0 amide bonds. The van der Waals surface area contributed by atoms with E-state index in [0.29, 0.717) is 0 Å². The second kappa shape index (κ2) is 23.2. The molecule has 0 saturated carbocycles. The van der Waals surface area contributed by atoms with Gasteiger partial charge in [-0.15, -0.1) is 0 Å². The summed E-state index contributed by atoms with van der Waals surface area (Å²) in [5.74, 6) is 0. The molecule has 0 atom stereocenters. The van der Waals surface area contributed by atoms with Crippen LogP contribution in [-0.4, -0.2) is 0 Å². The third kappa shape index (κ3) is 9.49. The molecule has 0 radical (unpaired) electrons. The zero-order chi connectivity index (χ0) is 2.00. The number of hydrogen-bond acceptors (Lipinski definition) is 1. The van der Waals surface area contributed by atoms with E-state index in [0.717, 1.165) is 0 Å². The van der Waals surface area contributed by atoms with Crippen LogP contribution >= 0.6 is 0 Å². The summed E-state index contributed by atoms with van der Waals surface area (Å²) in [5.41, 5.74) is 0. The molecule has 0 heterocycles. The topological polar surface area (TPSA) is 17.1 Å². The van der Waals surface area contributed by atoms with E-state index in [1.165, 1.54) is 0 Å². The zero-order valence-electron chi connectivity index (χ0n) is 2.16. The van der Waals surface area contributed by atoms with E-state index in [1.807, 2.05) is 0 Å². The van der Waals surface area contributed by atoms with Crippen LogP contribution in [0, 0.1) is 0 Å². The Hall–Kier alpha value is 1.61. The molecule has 0 aliphatic rings. The molecular formula is ClMnNaO. The van der Waals surface area contributed by atoms with Crippen molar-refractivity contribution in [1.82, 2.24) is 0 Å². The molecule has 4 heavy (non-hydrogen) atoms. The first-order valence-corrected chi connectivity index (χ1v) is 0.636. The van der Waals surface area contributed by atoms with E-state index >= 15 is 0 Å². The predicted octanol–water partition coefficient (Wildman–Crippen LogP) is -6.11. The van der Waals surface area contributed by atoms with E-state index in [1.54, 1.807) is 15.9 Å². The molecule has 0 aliphatic heterocycles. The van der Waals surface area contributed by atoms with Crippen molar-refractivity contribution < 1.29 is 61.7 Å². The van der Waals surface area contributed by atoms with E-state index in [4.69, 9.17) is 3.83 Å². The fourth-order valence-electron chi connectivity index (χ4n) is 0. The van der Waals surface area contributed by atoms with Crippen LogP contribution in [-0.2, 0) is 19.8 Å². The van der Waals surface area contributed by atoms with Gasteiger partial charge in [0.15, 0.2) is 0 Å². The maximum absolute atomic E-state index is 8.06. The van der Waals surface area contributed by atoms with Crippen molar-refractivity contribution in [3.05, 3.63) is 0 Å². The summed E-state index contributed by atoms with van der Waals surface area (Å²) >= 11 is 1.69. The van der Waals surface area contributed by atoms with Gasteiger partial charge in [0.1, 0.15) is 0 Å². The average molecular weight is 129 g/mol. The maximum atomic E-state index is 8.06. The van der Waals surface area contributed by atoms with Gasteiger partial charge >= 0.3 is 49.3 Å². The van der Waals surface area contributed by atoms with Crippen LogP contribution < -0.4 is 42.0 Å². The van der Waals surface area contributed by atoms with Crippen molar-refractivity contribution in [3.8, 4) is 0 Å². The molecule has 0 N–H and O–H groups in total. The summed E-state index contributed by atoms with van der Waals surface area (Å²) in [7, 11) is 0. The molecule has 21 valence electrons. The Morgan fingerprint density at radius 2 is 1.25 bits per heavy atom. The molecular weight excluding hydrogens is 129 g/mol. The van der Waals surface area contributed by atoms with Crippen molar-refractivity contribution in [2.45, 2.75) is 0 Å². The molecule has 0 fully saturated rings. The van der Waals surface area contributed by atoms with Gasteiger partial charge in [-0.1, -0.05) is 0 Å². The Morgan fingerprint density at radius 3 is 1.25 bits per heavy atom. The van der Waals surface area contributed by atoms with Gasteiger partial charge < -0.3 is 12.4 Å². The second-order valence-corrected chi connectivity index (χ2v) is 0. The second-order valence-electron chi connectivity index (χ2n) is 0. The van der Waals surface area contributed by atoms with Gasteiger partial charge in [-0.3, -0.25) is 0 Å². The van der Waals surface area contributed by atoms with Crippen LogP contribution in [0.2, 0.25) is 0 Å². The molecule has 0 aliphatic carbocycles. The van der Waals surface area contributed by atoms with Crippen LogP contribution in [0.4, 0.5) is 0 Å².